The quantitative estimate of drug-likeness (QED) is 0.745. The monoisotopic (exact) mass is 179 g/mol. The summed E-state index contributed by atoms with van der Waals surface area (Å²) < 4.78 is 0. The highest BCUT2D eigenvalue weighted by atomic mass is 15.0. The largest absolute Gasteiger partial charge is 0.382 e. The molecule has 1 rings (SSSR count). The zero-order chi connectivity index (χ0) is 9.68. The minimum atomic E-state index is 0.410. The van der Waals surface area contributed by atoms with Crippen molar-refractivity contribution in [1.29, 1.82) is 0 Å². The van der Waals surface area contributed by atoms with Crippen LogP contribution < -0.4 is 10.6 Å². The Kier molecular flexibility index (Phi) is 3.55. The Morgan fingerprint density at radius 1 is 1.46 bits per heavy atom. The van der Waals surface area contributed by atoms with Crippen molar-refractivity contribution < 1.29 is 0 Å². The average Bonchev–Trinajstić information content (AvgIpc) is 2.08. The lowest BCUT2D eigenvalue weighted by atomic mass is 10.3. The van der Waals surface area contributed by atoms with Crippen LogP contribution in [0, 0.1) is 0 Å². The van der Waals surface area contributed by atoms with E-state index in [1.807, 2.05) is 12.1 Å². The molecule has 0 aromatic carbocycles. The number of hydrogen-bond acceptors (Lipinski definition) is 3. The van der Waals surface area contributed by atoms with Crippen molar-refractivity contribution in [2.45, 2.75) is 26.8 Å². The summed E-state index contributed by atoms with van der Waals surface area (Å²) in [6.45, 7) is 7.19. The highest BCUT2D eigenvalue weighted by molar-refractivity contribution is 5.63. The molecule has 13 heavy (non-hydrogen) atoms. The van der Waals surface area contributed by atoms with Gasteiger partial charge < -0.3 is 10.6 Å². The lowest BCUT2D eigenvalue weighted by Gasteiger charge is -2.13. The summed E-state index contributed by atoms with van der Waals surface area (Å²) in [6.07, 6.45) is 1.80. The third-order valence-electron chi connectivity index (χ3n) is 1.60. The van der Waals surface area contributed by atoms with Gasteiger partial charge in [-0.05, 0) is 32.9 Å². The highest BCUT2D eigenvalue weighted by Crippen LogP contribution is 2.17. The van der Waals surface area contributed by atoms with E-state index in [2.05, 4.69) is 36.4 Å². The molecule has 0 radical (unpaired) electrons. The first-order chi connectivity index (χ1) is 6.24. The molecule has 1 aromatic rings. The second-order valence-corrected chi connectivity index (χ2v) is 3.23. The molecule has 1 aromatic heterocycles. The lowest BCUT2D eigenvalue weighted by Crippen LogP contribution is -2.13. The first kappa shape index (κ1) is 9.84. The number of rotatable bonds is 4. The fraction of sp³-hybridized carbons (Fsp3) is 0.500. The number of hydrogen-bond donors (Lipinski definition) is 2. The van der Waals surface area contributed by atoms with E-state index in [-0.39, 0.29) is 0 Å². The van der Waals surface area contributed by atoms with Crippen molar-refractivity contribution in [3.63, 3.8) is 0 Å². The molecule has 0 fully saturated rings. The average molecular weight is 179 g/mol. The van der Waals surface area contributed by atoms with Crippen LogP contribution in [0.2, 0.25) is 0 Å². The topological polar surface area (TPSA) is 37.0 Å². The zero-order valence-electron chi connectivity index (χ0n) is 8.46. The number of anilines is 2. The maximum Gasteiger partial charge on any atom is 0.149 e. The van der Waals surface area contributed by atoms with Gasteiger partial charge in [0, 0.05) is 18.8 Å². The molecule has 0 aliphatic rings. The van der Waals surface area contributed by atoms with Gasteiger partial charge in [0.25, 0.3) is 0 Å². The van der Waals surface area contributed by atoms with E-state index in [1.165, 1.54) is 0 Å². The Morgan fingerprint density at radius 3 is 2.85 bits per heavy atom. The van der Waals surface area contributed by atoms with E-state index >= 15 is 0 Å². The molecule has 0 bridgehead atoms. The fourth-order valence-electron chi connectivity index (χ4n) is 1.13. The van der Waals surface area contributed by atoms with E-state index in [0.717, 1.165) is 18.1 Å². The van der Waals surface area contributed by atoms with Gasteiger partial charge in [-0.3, -0.25) is 0 Å². The standard InChI is InChI=1S/C10H17N3/c1-4-11-9-6-5-7-12-10(9)13-8(2)3/h5-8,11H,4H2,1-3H3,(H,12,13). The third kappa shape index (κ3) is 2.93. The Hall–Kier alpha value is -1.25. The first-order valence-electron chi connectivity index (χ1n) is 4.69. The minimum absolute atomic E-state index is 0.410. The lowest BCUT2D eigenvalue weighted by molar-refractivity contribution is 0.889. The van der Waals surface area contributed by atoms with Crippen LogP contribution in [0.4, 0.5) is 11.5 Å². The van der Waals surface area contributed by atoms with E-state index in [0.29, 0.717) is 6.04 Å². The Morgan fingerprint density at radius 2 is 2.23 bits per heavy atom. The van der Waals surface area contributed by atoms with E-state index in [4.69, 9.17) is 0 Å². The van der Waals surface area contributed by atoms with Crippen molar-refractivity contribution >= 4 is 11.5 Å². The predicted molar refractivity (Wildman–Crippen MR) is 57.2 cm³/mol. The van der Waals surface area contributed by atoms with Crippen LogP contribution in [-0.4, -0.2) is 17.6 Å². The van der Waals surface area contributed by atoms with E-state index < -0.39 is 0 Å². The molecule has 0 atom stereocenters. The molecule has 72 valence electrons. The van der Waals surface area contributed by atoms with Gasteiger partial charge >= 0.3 is 0 Å². The van der Waals surface area contributed by atoms with E-state index in [9.17, 15) is 0 Å². The van der Waals surface area contributed by atoms with Crippen LogP contribution in [0.25, 0.3) is 0 Å². The van der Waals surface area contributed by atoms with Gasteiger partial charge in [0.1, 0.15) is 5.82 Å². The molecule has 0 aliphatic carbocycles. The Balaban J connectivity index is 2.78. The number of nitrogens with one attached hydrogen (secondary N) is 2. The van der Waals surface area contributed by atoms with Crippen molar-refractivity contribution in [2.75, 3.05) is 17.2 Å². The summed E-state index contributed by atoms with van der Waals surface area (Å²) >= 11 is 0. The van der Waals surface area contributed by atoms with Gasteiger partial charge in [-0.15, -0.1) is 0 Å². The molecule has 0 amide bonds. The smallest absolute Gasteiger partial charge is 0.149 e. The molecule has 3 heteroatoms. The zero-order valence-corrected chi connectivity index (χ0v) is 8.46. The number of nitrogens with zero attached hydrogens (tertiary/aromatic N) is 1. The molecular weight excluding hydrogens is 162 g/mol. The molecular formula is C10H17N3. The number of aromatic nitrogens is 1. The molecule has 0 aliphatic heterocycles. The Labute approximate surface area is 79.6 Å². The maximum absolute atomic E-state index is 4.26. The van der Waals surface area contributed by atoms with Crippen molar-refractivity contribution in [1.82, 2.24) is 4.98 Å². The summed E-state index contributed by atoms with van der Waals surface area (Å²) in [6, 6.07) is 4.37. The van der Waals surface area contributed by atoms with Crippen LogP contribution in [0.3, 0.4) is 0 Å². The van der Waals surface area contributed by atoms with Gasteiger partial charge in [0.05, 0.1) is 5.69 Å². The number of pyridine rings is 1. The summed E-state index contributed by atoms with van der Waals surface area (Å²) in [5.74, 6) is 0.930. The molecule has 0 saturated carbocycles. The molecule has 0 spiro atoms. The molecule has 2 N–H and O–H groups in total. The van der Waals surface area contributed by atoms with E-state index in [1.54, 1.807) is 6.20 Å². The summed E-state index contributed by atoms with van der Waals surface area (Å²) in [5, 5.41) is 6.54. The van der Waals surface area contributed by atoms with Gasteiger partial charge in [0.2, 0.25) is 0 Å². The SMILES string of the molecule is CCNc1cccnc1NC(C)C. The minimum Gasteiger partial charge on any atom is -0.382 e. The van der Waals surface area contributed by atoms with Crippen LogP contribution in [0.15, 0.2) is 18.3 Å². The maximum atomic E-state index is 4.26. The van der Waals surface area contributed by atoms with Gasteiger partial charge in [-0.25, -0.2) is 4.98 Å². The third-order valence-corrected chi connectivity index (χ3v) is 1.60. The van der Waals surface area contributed by atoms with Crippen LogP contribution in [0.1, 0.15) is 20.8 Å². The first-order valence-corrected chi connectivity index (χ1v) is 4.69. The summed E-state index contributed by atoms with van der Waals surface area (Å²) in [4.78, 5) is 4.26. The van der Waals surface area contributed by atoms with Crippen LogP contribution in [0.5, 0.6) is 0 Å². The van der Waals surface area contributed by atoms with Crippen molar-refractivity contribution in [3.8, 4) is 0 Å². The van der Waals surface area contributed by atoms with Gasteiger partial charge in [0.15, 0.2) is 0 Å². The highest BCUT2D eigenvalue weighted by Gasteiger charge is 2.01. The Bertz CT molecular complexity index is 258. The van der Waals surface area contributed by atoms with Gasteiger partial charge in [-0.1, -0.05) is 0 Å². The van der Waals surface area contributed by atoms with Crippen molar-refractivity contribution in [2.24, 2.45) is 0 Å². The second-order valence-electron chi connectivity index (χ2n) is 3.23. The molecule has 0 unspecified atom stereocenters. The normalized spacial score (nSPS) is 10.2. The summed E-state index contributed by atoms with van der Waals surface area (Å²) in [5.41, 5.74) is 1.07. The fourth-order valence-corrected chi connectivity index (χ4v) is 1.13. The predicted octanol–water partition coefficient (Wildman–Crippen LogP) is 2.33. The van der Waals surface area contributed by atoms with Crippen LogP contribution >= 0.6 is 0 Å². The molecule has 1 heterocycles. The van der Waals surface area contributed by atoms with Gasteiger partial charge in [-0.2, -0.15) is 0 Å². The summed E-state index contributed by atoms with van der Waals surface area (Å²) in [7, 11) is 0. The molecule has 3 nitrogen and oxygen atoms in total. The second kappa shape index (κ2) is 4.70. The van der Waals surface area contributed by atoms with Crippen LogP contribution in [-0.2, 0) is 0 Å². The molecule has 0 saturated heterocycles. The van der Waals surface area contributed by atoms with Crippen molar-refractivity contribution in [3.05, 3.63) is 18.3 Å².